The van der Waals surface area contributed by atoms with Crippen molar-refractivity contribution < 1.29 is 14.3 Å². The van der Waals surface area contributed by atoms with Gasteiger partial charge in [-0.2, -0.15) is 4.68 Å². The number of likely N-dealkylation sites (N-methyl/N-ethyl adjacent to an activating group) is 1. The van der Waals surface area contributed by atoms with Crippen molar-refractivity contribution in [2.24, 2.45) is 0 Å². The molecule has 1 heterocycles. The Morgan fingerprint density at radius 2 is 1.97 bits per heavy atom. The van der Waals surface area contributed by atoms with Gasteiger partial charge in [0.05, 0.1) is 25.1 Å². The molecule has 0 fully saturated rings. The van der Waals surface area contributed by atoms with E-state index in [-0.39, 0.29) is 24.1 Å². The lowest BCUT2D eigenvalue weighted by molar-refractivity contribution is -0.131. The van der Waals surface area contributed by atoms with Crippen LogP contribution < -0.4 is 10.1 Å². The molecule has 0 aliphatic carbocycles. The van der Waals surface area contributed by atoms with Gasteiger partial charge in [0.15, 0.2) is 0 Å². The van der Waals surface area contributed by atoms with E-state index in [4.69, 9.17) is 4.74 Å². The van der Waals surface area contributed by atoms with Gasteiger partial charge in [-0.3, -0.25) is 9.59 Å². The van der Waals surface area contributed by atoms with Crippen molar-refractivity contribution in [2.75, 3.05) is 31.8 Å². The molecule has 10 heteroatoms. The third-order valence-electron chi connectivity index (χ3n) is 3.93. The monoisotopic (exact) mass is 412 g/mol. The topological polar surface area (TPSA) is 102 Å². The predicted octanol–water partition coefficient (Wildman–Crippen LogP) is 1.86. The molecule has 0 saturated heterocycles. The van der Waals surface area contributed by atoms with E-state index in [1.54, 1.807) is 43.1 Å². The fourth-order valence-electron chi connectivity index (χ4n) is 2.44. The molecule has 0 atom stereocenters. The zero-order valence-corrected chi connectivity index (χ0v) is 16.8. The summed E-state index contributed by atoms with van der Waals surface area (Å²) in [6, 6.07) is 16.4. The number of hydrogen-bond acceptors (Lipinski definition) is 7. The number of carbonyl (C=O) groups excluding carboxylic acids is 2. The zero-order chi connectivity index (χ0) is 20.6. The largest absolute Gasteiger partial charge is 0.497 e. The van der Waals surface area contributed by atoms with Crippen LogP contribution in [0.3, 0.4) is 0 Å². The number of amides is 2. The smallest absolute Gasteiger partial charge is 0.243 e. The van der Waals surface area contributed by atoms with Gasteiger partial charge in [-0.15, -0.1) is 5.10 Å². The highest BCUT2D eigenvalue weighted by Gasteiger charge is 2.16. The van der Waals surface area contributed by atoms with Crippen LogP contribution in [0, 0.1) is 0 Å². The molecule has 9 nitrogen and oxygen atoms in total. The number of methoxy groups -OCH3 is 1. The summed E-state index contributed by atoms with van der Waals surface area (Å²) in [5, 5.41) is 14.8. The van der Waals surface area contributed by atoms with Crippen molar-refractivity contribution in [1.82, 2.24) is 25.1 Å². The maximum absolute atomic E-state index is 12.4. The van der Waals surface area contributed by atoms with Gasteiger partial charge in [-0.1, -0.05) is 36.0 Å². The molecule has 1 aromatic heterocycles. The molecule has 0 radical (unpaired) electrons. The fraction of sp³-hybridized carbons (Fsp3) is 0.211. The molecule has 29 heavy (non-hydrogen) atoms. The molecule has 0 aliphatic heterocycles. The third-order valence-corrected chi connectivity index (χ3v) is 4.83. The van der Waals surface area contributed by atoms with Crippen LogP contribution >= 0.6 is 11.8 Å². The molecule has 3 rings (SSSR count). The number of aromatic nitrogens is 4. The molecule has 0 unspecified atom stereocenters. The SMILES string of the molecule is COc1cccc(NC(=O)CN(C)C(=O)CSc2nnnn2-c2ccccc2)c1. The van der Waals surface area contributed by atoms with E-state index in [2.05, 4.69) is 20.8 Å². The standard InChI is InChI=1S/C19H20N6O3S/c1-24(12-17(26)20-14-7-6-10-16(11-14)28-2)18(27)13-29-19-21-22-23-25(19)15-8-4-3-5-9-15/h3-11H,12-13H2,1-2H3,(H,20,26). The molecule has 2 amide bonds. The van der Waals surface area contributed by atoms with Crippen LogP contribution in [0.4, 0.5) is 5.69 Å². The minimum absolute atomic E-state index is 0.0692. The lowest BCUT2D eigenvalue weighted by atomic mass is 10.3. The van der Waals surface area contributed by atoms with Gasteiger partial charge < -0.3 is 15.0 Å². The van der Waals surface area contributed by atoms with Crippen molar-refractivity contribution >= 4 is 29.3 Å². The van der Waals surface area contributed by atoms with Gasteiger partial charge in [-0.05, 0) is 34.7 Å². The number of para-hydroxylation sites is 1. The number of hydrogen-bond donors (Lipinski definition) is 1. The lowest BCUT2D eigenvalue weighted by Crippen LogP contribution is -2.36. The van der Waals surface area contributed by atoms with Crippen molar-refractivity contribution in [3.63, 3.8) is 0 Å². The van der Waals surface area contributed by atoms with E-state index in [9.17, 15) is 9.59 Å². The summed E-state index contributed by atoms with van der Waals surface area (Å²) in [6.45, 7) is -0.0692. The summed E-state index contributed by atoms with van der Waals surface area (Å²) in [7, 11) is 3.13. The number of ether oxygens (including phenoxy) is 1. The highest BCUT2D eigenvalue weighted by Crippen LogP contribution is 2.19. The molecule has 0 saturated carbocycles. The Kier molecular flexibility index (Phi) is 6.80. The minimum atomic E-state index is -0.298. The molecule has 3 aromatic rings. The number of rotatable bonds is 8. The lowest BCUT2D eigenvalue weighted by Gasteiger charge is -2.16. The predicted molar refractivity (Wildman–Crippen MR) is 109 cm³/mol. The van der Waals surface area contributed by atoms with E-state index in [0.29, 0.717) is 16.6 Å². The molecular weight excluding hydrogens is 392 g/mol. The number of thioether (sulfide) groups is 1. The highest BCUT2D eigenvalue weighted by molar-refractivity contribution is 7.99. The summed E-state index contributed by atoms with van der Waals surface area (Å²) >= 11 is 1.21. The summed E-state index contributed by atoms with van der Waals surface area (Å²) in [5.41, 5.74) is 1.41. The van der Waals surface area contributed by atoms with Crippen molar-refractivity contribution in [2.45, 2.75) is 5.16 Å². The summed E-state index contributed by atoms with van der Waals surface area (Å²) in [5.74, 6) is 0.238. The normalized spacial score (nSPS) is 10.4. The molecule has 0 spiro atoms. The van der Waals surface area contributed by atoms with Gasteiger partial charge in [0, 0.05) is 18.8 Å². The number of carbonyl (C=O) groups is 2. The third kappa shape index (κ3) is 5.55. The molecular formula is C19H20N6O3S. The van der Waals surface area contributed by atoms with E-state index < -0.39 is 0 Å². The van der Waals surface area contributed by atoms with Crippen molar-refractivity contribution in [3.05, 3.63) is 54.6 Å². The summed E-state index contributed by atoms with van der Waals surface area (Å²) in [6.07, 6.45) is 0. The molecule has 150 valence electrons. The molecule has 0 bridgehead atoms. The number of nitrogens with zero attached hydrogens (tertiary/aromatic N) is 5. The van der Waals surface area contributed by atoms with Crippen LogP contribution in [-0.2, 0) is 9.59 Å². The first-order valence-electron chi connectivity index (χ1n) is 8.71. The Morgan fingerprint density at radius 1 is 1.17 bits per heavy atom. The average molecular weight is 412 g/mol. The van der Waals surface area contributed by atoms with Crippen LogP contribution in [0.15, 0.2) is 59.8 Å². The maximum Gasteiger partial charge on any atom is 0.243 e. The second kappa shape index (κ2) is 9.69. The fourth-order valence-corrected chi connectivity index (χ4v) is 3.27. The highest BCUT2D eigenvalue weighted by atomic mass is 32.2. The van der Waals surface area contributed by atoms with Gasteiger partial charge in [0.25, 0.3) is 0 Å². The Hall–Kier alpha value is -3.40. The van der Waals surface area contributed by atoms with Crippen LogP contribution in [0.2, 0.25) is 0 Å². The molecule has 2 aromatic carbocycles. The Bertz CT molecular complexity index is 979. The number of tetrazole rings is 1. The number of anilines is 1. The second-order valence-electron chi connectivity index (χ2n) is 6.03. The van der Waals surface area contributed by atoms with E-state index in [0.717, 1.165) is 5.69 Å². The maximum atomic E-state index is 12.4. The first-order chi connectivity index (χ1) is 14.1. The molecule has 0 aliphatic rings. The van der Waals surface area contributed by atoms with Crippen LogP contribution in [0.25, 0.3) is 5.69 Å². The zero-order valence-electron chi connectivity index (χ0n) is 16.0. The van der Waals surface area contributed by atoms with Crippen LogP contribution in [-0.4, -0.2) is 63.4 Å². The average Bonchev–Trinajstić information content (AvgIpc) is 3.21. The number of nitrogens with one attached hydrogen (secondary N) is 1. The van der Waals surface area contributed by atoms with Crippen LogP contribution in [0.1, 0.15) is 0 Å². The molecule has 1 N–H and O–H groups in total. The van der Waals surface area contributed by atoms with Crippen molar-refractivity contribution in [3.8, 4) is 11.4 Å². The van der Waals surface area contributed by atoms with Gasteiger partial charge >= 0.3 is 0 Å². The van der Waals surface area contributed by atoms with E-state index in [1.165, 1.54) is 16.7 Å². The first kappa shape index (κ1) is 20.3. The van der Waals surface area contributed by atoms with Gasteiger partial charge in [0.2, 0.25) is 17.0 Å². The van der Waals surface area contributed by atoms with Gasteiger partial charge in [-0.25, -0.2) is 0 Å². The van der Waals surface area contributed by atoms with Crippen molar-refractivity contribution in [1.29, 1.82) is 0 Å². The Labute approximate surface area is 172 Å². The second-order valence-corrected chi connectivity index (χ2v) is 6.97. The Balaban J connectivity index is 1.52. The quantitative estimate of drug-likeness (QED) is 0.564. The van der Waals surface area contributed by atoms with E-state index >= 15 is 0 Å². The van der Waals surface area contributed by atoms with Crippen LogP contribution in [0.5, 0.6) is 5.75 Å². The van der Waals surface area contributed by atoms with Gasteiger partial charge in [0.1, 0.15) is 5.75 Å². The first-order valence-corrected chi connectivity index (χ1v) is 9.70. The van der Waals surface area contributed by atoms with E-state index in [1.807, 2.05) is 30.3 Å². The summed E-state index contributed by atoms with van der Waals surface area (Å²) in [4.78, 5) is 26.0. The Morgan fingerprint density at radius 3 is 2.72 bits per heavy atom. The minimum Gasteiger partial charge on any atom is -0.497 e. The summed E-state index contributed by atoms with van der Waals surface area (Å²) < 4.78 is 6.69. The number of benzene rings is 2.